The summed E-state index contributed by atoms with van der Waals surface area (Å²) in [4.78, 5) is 14.1. The summed E-state index contributed by atoms with van der Waals surface area (Å²) in [5.74, 6) is 1.03. The van der Waals surface area contributed by atoms with Crippen molar-refractivity contribution in [2.45, 2.75) is 37.1 Å². The fourth-order valence-electron chi connectivity index (χ4n) is 4.65. The number of aliphatic hydroxyl groups is 1. The van der Waals surface area contributed by atoms with Crippen molar-refractivity contribution in [1.29, 1.82) is 0 Å². The summed E-state index contributed by atoms with van der Waals surface area (Å²) in [6.07, 6.45) is 4.33. The maximum Gasteiger partial charge on any atom is 0.349 e. The van der Waals surface area contributed by atoms with E-state index in [1.54, 1.807) is 12.1 Å². The van der Waals surface area contributed by atoms with Gasteiger partial charge in [0.15, 0.2) is 0 Å². The molecule has 2 aromatic heterocycles. The first-order chi connectivity index (χ1) is 12.2. The monoisotopic (exact) mass is 376 g/mol. The Morgan fingerprint density at radius 2 is 1.92 bits per heavy atom. The summed E-state index contributed by atoms with van der Waals surface area (Å²) in [5, 5.41) is 15.0. The smallest absolute Gasteiger partial charge is 0.349 e. The van der Waals surface area contributed by atoms with Crippen molar-refractivity contribution in [3.63, 3.8) is 0 Å². The molecule has 3 aliphatic rings. The average molecular weight is 376 g/mol. The van der Waals surface area contributed by atoms with Crippen molar-refractivity contribution in [3.8, 4) is 0 Å². The van der Waals surface area contributed by atoms with E-state index in [4.69, 9.17) is 9.47 Å². The van der Waals surface area contributed by atoms with Gasteiger partial charge in [0.1, 0.15) is 0 Å². The van der Waals surface area contributed by atoms with Crippen LogP contribution in [0.2, 0.25) is 0 Å². The van der Waals surface area contributed by atoms with Crippen LogP contribution in [-0.2, 0) is 19.9 Å². The molecule has 5 atom stereocenters. The van der Waals surface area contributed by atoms with E-state index in [1.165, 1.54) is 35.5 Å². The van der Waals surface area contributed by atoms with Crippen LogP contribution >= 0.6 is 22.7 Å². The molecular weight excluding hydrogens is 356 g/mol. The first kappa shape index (κ1) is 16.0. The third-order valence-corrected chi connectivity index (χ3v) is 7.97. The van der Waals surface area contributed by atoms with E-state index in [1.807, 2.05) is 22.9 Å². The van der Waals surface area contributed by atoms with Gasteiger partial charge in [-0.3, -0.25) is 0 Å². The van der Waals surface area contributed by atoms with Crippen molar-refractivity contribution in [2.24, 2.45) is 17.8 Å². The summed E-state index contributed by atoms with van der Waals surface area (Å²) in [5.41, 5.74) is -1.70. The van der Waals surface area contributed by atoms with E-state index in [9.17, 15) is 9.90 Å². The lowest BCUT2D eigenvalue weighted by molar-refractivity contribution is -0.164. The topological polar surface area (TPSA) is 59.1 Å². The van der Waals surface area contributed by atoms with Crippen molar-refractivity contribution in [2.75, 3.05) is 6.61 Å². The molecule has 5 rings (SSSR count). The van der Waals surface area contributed by atoms with Crippen molar-refractivity contribution < 1.29 is 19.4 Å². The molecule has 6 heteroatoms. The Kier molecular flexibility index (Phi) is 3.78. The quantitative estimate of drug-likeness (QED) is 0.642. The van der Waals surface area contributed by atoms with Gasteiger partial charge in [-0.05, 0) is 59.9 Å². The van der Waals surface area contributed by atoms with Crippen molar-refractivity contribution in [1.82, 2.24) is 0 Å². The third kappa shape index (κ3) is 2.50. The number of thiophene rings is 2. The summed E-state index contributed by atoms with van der Waals surface area (Å²) in [7, 11) is 0. The second-order valence-corrected chi connectivity index (χ2v) is 9.22. The molecule has 4 nitrogen and oxygen atoms in total. The Labute approximate surface area is 154 Å². The van der Waals surface area contributed by atoms with Crippen molar-refractivity contribution in [3.05, 3.63) is 44.8 Å². The molecule has 0 radical (unpaired) electrons. The van der Waals surface area contributed by atoms with Gasteiger partial charge in [0, 0.05) is 0 Å². The Hall–Kier alpha value is -1.21. The minimum Gasteiger partial charge on any atom is -0.463 e. The highest BCUT2D eigenvalue weighted by Crippen LogP contribution is 2.56. The number of epoxide rings is 1. The molecule has 132 valence electrons. The zero-order valence-electron chi connectivity index (χ0n) is 13.7. The average Bonchev–Trinajstić information content (AvgIpc) is 3.05. The van der Waals surface area contributed by atoms with Crippen LogP contribution in [-0.4, -0.2) is 29.9 Å². The second-order valence-electron chi connectivity index (χ2n) is 7.33. The molecule has 25 heavy (non-hydrogen) atoms. The van der Waals surface area contributed by atoms with Gasteiger partial charge in [0.05, 0.1) is 28.6 Å². The summed E-state index contributed by atoms with van der Waals surface area (Å²) in [6, 6.07) is 7.26. The van der Waals surface area contributed by atoms with Crippen LogP contribution in [0.5, 0.6) is 0 Å². The Morgan fingerprint density at radius 3 is 2.56 bits per heavy atom. The second kappa shape index (κ2) is 5.91. The lowest BCUT2D eigenvalue weighted by atomic mass is 9.79. The largest absolute Gasteiger partial charge is 0.463 e. The number of fused-ring (bicyclic) bond motifs is 5. The predicted octanol–water partition coefficient (Wildman–Crippen LogP) is 3.40. The molecule has 1 saturated heterocycles. The predicted molar refractivity (Wildman–Crippen MR) is 95.6 cm³/mol. The highest BCUT2D eigenvalue weighted by atomic mass is 32.1. The molecule has 0 aromatic carbocycles. The van der Waals surface area contributed by atoms with Gasteiger partial charge in [0.2, 0.25) is 5.60 Å². The Balaban J connectivity index is 1.33. The first-order valence-corrected chi connectivity index (χ1v) is 10.6. The molecule has 2 aliphatic carbocycles. The standard InChI is InChI=1S/C19H20O4S2/c20-18(19(21,14-3-1-7-24-14)15-4-2-8-25-15)22-10-12-6-5-11-9-13(12)17-16(11)23-17/h1-4,7-8,11-13,16-17,21H,5-6,9-10H2/t11?,12?,13-,16?,17+/m0/s1. The molecule has 1 N–H and O–H groups in total. The van der Waals surface area contributed by atoms with Gasteiger partial charge in [-0.25, -0.2) is 4.79 Å². The van der Waals surface area contributed by atoms with Gasteiger partial charge in [0.25, 0.3) is 0 Å². The molecule has 2 saturated carbocycles. The van der Waals surface area contributed by atoms with Gasteiger partial charge >= 0.3 is 5.97 Å². The zero-order chi connectivity index (χ0) is 17.0. The maximum atomic E-state index is 12.9. The number of hydrogen-bond donors (Lipinski definition) is 1. The maximum absolute atomic E-state index is 12.9. The number of rotatable bonds is 5. The molecule has 3 fully saturated rings. The van der Waals surface area contributed by atoms with Crippen LogP contribution < -0.4 is 0 Å². The number of ether oxygens (including phenoxy) is 2. The van der Waals surface area contributed by atoms with Gasteiger partial charge < -0.3 is 14.6 Å². The van der Waals surface area contributed by atoms with E-state index in [-0.39, 0.29) is 0 Å². The zero-order valence-corrected chi connectivity index (χ0v) is 15.3. The molecular formula is C19H20O4S2. The van der Waals surface area contributed by atoms with Crippen LogP contribution in [0.25, 0.3) is 0 Å². The van der Waals surface area contributed by atoms with Gasteiger partial charge in [-0.15, -0.1) is 22.7 Å². The van der Waals surface area contributed by atoms with Crippen LogP contribution in [0.4, 0.5) is 0 Å². The highest BCUT2D eigenvalue weighted by Gasteiger charge is 2.60. The van der Waals surface area contributed by atoms with Gasteiger partial charge in [-0.1, -0.05) is 12.1 Å². The van der Waals surface area contributed by atoms with Crippen LogP contribution in [0.15, 0.2) is 35.0 Å². The van der Waals surface area contributed by atoms with Crippen LogP contribution in [0.3, 0.4) is 0 Å². The normalized spacial score (nSPS) is 33.1. The fourth-order valence-corrected chi connectivity index (χ4v) is 6.36. The number of esters is 1. The Bertz CT molecular complexity index is 720. The summed E-state index contributed by atoms with van der Waals surface area (Å²) >= 11 is 2.74. The van der Waals surface area contributed by atoms with E-state index in [0.717, 1.165) is 12.3 Å². The highest BCUT2D eigenvalue weighted by molar-refractivity contribution is 7.12. The Morgan fingerprint density at radius 1 is 1.20 bits per heavy atom. The van der Waals surface area contributed by atoms with E-state index >= 15 is 0 Å². The van der Waals surface area contributed by atoms with Crippen molar-refractivity contribution >= 4 is 28.6 Å². The number of carbonyl (C=O) groups is 1. The molecule has 0 amide bonds. The molecule has 3 unspecified atom stereocenters. The lowest BCUT2D eigenvalue weighted by Crippen LogP contribution is -2.39. The van der Waals surface area contributed by atoms with E-state index in [2.05, 4.69) is 0 Å². The fraction of sp³-hybridized carbons (Fsp3) is 0.526. The van der Waals surface area contributed by atoms with Gasteiger partial charge in [-0.2, -0.15) is 0 Å². The molecule has 0 spiro atoms. The SMILES string of the molecule is O=C(OCC1CCC2C[C@@H]1[C@H]1OC21)C(O)(c1cccs1)c1cccs1. The minimum absolute atomic E-state index is 0.355. The van der Waals surface area contributed by atoms with Crippen LogP contribution in [0.1, 0.15) is 29.0 Å². The molecule has 2 bridgehead atoms. The lowest BCUT2D eigenvalue weighted by Gasteiger charge is -2.31. The number of hydrogen-bond acceptors (Lipinski definition) is 6. The summed E-state index contributed by atoms with van der Waals surface area (Å²) < 4.78 is 11.4. The molecule has 2 aromatic rings. The molecule has 3 heterocycles. The third-order valence-electron chi connectivity index (χ3n) is 6.02. The molecule has 1 aliphatic heterocycles. The van der Waals surface area contributed by atoms with E-state index < -0.39 is 11.6 Å². The number of carbonyl (C=O) groups excluding carboxylic acids is 1. The van der Waals surface area contributed by atoms with Crippen LogP contribution in [0, 0.1) is 17.8 Å². The van der Waals surface area contributed by atoms with E-state index in [0.29, 0.717) is 40.4 Å². The summed E-state index contributed by atoms with van der Waals surface area (Å²) in [6.45, 7) is 0.377. The first-order valence-electron chi connectivity index (χ1n) is 8.81. The minimum atomic E-state index is -1.70.